The number of aryl methyl sites for hydroxylation is 1. The molecule has 0 fully saturated rings. The number of nitrogens with one attached hydrogen (secondary N) is 2. The molecule has 0 saturated carbocycles. The van der Waals surface area contributed by atoms with Gasteiger partial charge in [0.05, 0.1) is 0 Å². The molecule has 1 aliphatic rings. The number of aliphatic imine (C=N–C) groups is 1. The Balaban J connectivity index is 1.39. The van der Waals surface area contributed by atoms with E-state index in [1.807, 2.05) is 18.2 Å². The first kappa shape index (κ1) is 16.1. The number of ether oxygens (including phenoxy) is 2. The highest BCUT2D eigenvalue weighted by molar-refractivity contribution is 5.79. The molecule has 8 heteroatoms. The van der Waals surface area contributed by atoms with Gasteiger partial charge < -0.3 is 24.6 Å². The standard InChI is InChI=1S/C16H21N5O3/c1-11-20-15(24-21-11)6-8-19-16(17-2)18-7-5-12-3-4-13-14(9-12)23-10-22-13/h3-4,9H,5-8,10H2,1-2H3,(H2,17,18,19). The van der Waals surface area contributed by atoms with Crippen molar-refractivity contribution in [2.75, 3.05) is 26.9 Å². The lowest BCUT2D eigenvalue weighted by Gasteiger charge is -2.11. The van der Waals surface area contributed by atoms with Gasteiger partial charge in [0.2, 0.25) is 12.7 Å². The lowest BCUT2D eigenvalue weighted by molar-refractivity contribution is 0.174. The number of nitrogens with zero attached hydrogens (tertiary/aromatic N) is 3. The molecule has 2 heterocycles. The summed E-state index contributed by atoms with van der Waals surface area (Å²) in [7, 11) is 1.74. The highest BCUT2D eigenvalue weighted by Gasteiger charge is 2.13. The molecule has 1 aliphatic heterocycles. The molecule has 128 valence electrons. The molecular weight excluding hydrogens is 310 g/mol. The smallest absolute Gasteiger partial charge is 0.231 e. The van der Waals surface area contributed by atoms with Gasteiger partial charge in [-0.25, -0.2) is 0 Å². The molecule has 0 radical (unpaired) electrons. The number of aromatic nitrogens is 2. The maximum absolute atomic E-state index is 5.39. The van der Waals surface area contributed by atoms with Crippen LogP contribution in [0.2, 0.25) is 0 Å². The molecule has 1 aromatic heterocycles. The van der Waals surface area contributed by atoms with Gasteiger partial charge in [-0.3, -0.25) is 4.99 Å². The average Bonchev–Trinajstić information content (AvgIpc) is 3.21. The van der Waals surface area contributed by atoms with Crippen molar-refractivity contribution in [2.24, 2.45) is 4.99 Å². The summed E-state index contributed by atoms with van der Waals surface area (Å²) < 4.78 is 15.8. The zero-order valence-electron chi connectivity index (χ0n) is 13.8. The normalized spacial score (nSPS) is 13.2. The third kappa shape index (κ3) is 4.15. The van der Waals surface area contributed by atoms with Crippen LogP contribution in [0.4, 0.5) is 0 Å². The highest BCUT2D eigenvalue weighted by atomic mass is 16.7. The van der Waals surface area contributed by atoms with Crippen molar-refractivity contribution >= 4 is 5.96 Å². The summed E-state index contributed by atoms with van der Waals surface area (Å²) in [5, 5.41) is 10.3. The molecule has 0 bridgehead atoms. The summed E-state index contributed by atoms with van der Waals surface area (Å²) in [4.78, 5) is 8.36. The van der Waals surface area contributed by atoms with Gasteiger partial charge in [-0.1, -0.05) is 11.2 Å². The van der Waals surface area contributed by atoms with E-state index in [0.717, 1.165) is 30.4 Å². The van der Waals surface area contributed by atoms with E-state index in [9.17, 15) is 0 Å². The lowest BCUT2D eigenvalue weighted by atomic mass is 10.1. The van der Waals surface area contributed by atoms with Gasteiger partial charge in [0.15, 0.2) is 23.3 Å². The Bertz CT molecular complexity index is 713. The number of guanidine groups is 1. The van der Waals surface area contributed by atoms with Crippen LogP contribution < -0.4 is 20.1 Å². The van der Waals surface area contributed by atoms with E-state index in [0.29, 0.717) is 31.5 Å². The molecule has 0 spiro atoms. The van der Waals surface area contributed by atoms with Crippen molar-refractivity contribution in [1.29, 1.82) is 0 Å². The van der Waals surface area contributed by atoms with Crippen molar-refractivity contribution in [3.63, 3.8) is 0 Å². The van der Waals surface area contributed by atoms with Crippen LogP contribution in [0.5, 0.6) is 11.5 Å². The van der Waals surface area contributed by atoms with Crippen LogP contribution in [0.25, 0.3) is 0 Å². The van der Waals surface area contributed by atoms with Crippen LogP contribution in [0.1, 0.15) is 17.3 Å². The Morgan fingerprint density at radius 1 is 1.17 bits per heavy atom. The molecular formula is C16H21N5O3. The van der Waals surface area contributed by atoms with Gasteiger partial charge in [0.25, 0.3) is 0 Å². The Morgan fingerprint density at radius 3 is 2.71 bits per heavy atom. The van der Waals surface area contributed by atoms with Gasteiger partial charge in [0, 0.05) is 26.6 Å². The first-order valence-electron chi connectivity index (χ1n) is 7.87. The van der Waals surface area contributed by atoms with Crippen LogP contribution in [0.3, 0.4) is 0 Å². The SMILES string of the molecule is CN=C(NCCc1ccc2c(c1)OCO2)NCCc1nc(C)no1. The maximum Gasteiger partial charge on any atom is 0.231 e. The van der Waals surface area contributed by atoms with Crippen molar-refractivity contribution in [3.05, 3.63) is 35.5 Å². The van der Waals surface area contributed by atoms with E-state index in [2.05, 4.69) is 25.8 Å². The molecule has 24 heavy (non-hydrogen) atoms. The van der Waals surface area contributed by atoms with Gasteiger partial charge in [-0.2, -0.15) is 4.98 Å². The van der Waals surface area contributed by atoms with E-state index in [1.165, 1.54) is 5.56 Å². The quantitative estimate of drug-likeness (QED) is 0.604. The van der Waals surface area contributed by atoms with Gasteiger partial charge in [0.1, 0.15) is 0 Å². The summed E-state index contributed by atoms with van der Waals surface area (Å²) in [6.07, 6.45) is 1.52. The maximum atomic E-state index is 5.39. The summed E-state index contributed by atoms with van der Waals surface area (Å²) in [6.45, 7) is 3.54. The zero-order valence-corrected chi connectivity index (χ0v) is 13.8. The van der Waals surface area contributed by atoms with Crippen LogP contribution in [0, 0.1) is 6.92 Å². The fourth-order valence-electron chi connectivity index (χ4n) is 2.37. The van der Waals surface area contributed by atoms with Crippen LogP contribution in [-0.2, 0) is 12.8 Å². The van der Waals surface area contributed by atoms with Crippen molar-refractivity contribution in [2.45, 2.75) is 19.8 Å². The largest absolute Gasteiger partial charge is 0.454 e. The predicted molar refractivity (Wildman–Crippen MR) is 88.4 cm³/mol. The monoisotopic (exact) mass is 331 g/mol. The second-order valence-electron chi connectivity index (χ2n) is 5.35. The highest BCUT2D eigenvalue weighted by Crippen LogP contribution is 2.32. The second kappa shape index (κ2) is 7.67. The number of hydrogen-bond acceptors (Lipinski definition) is 6. The van der Waals surface area contributed by atoms with Crippen LogP contribution in [0.15, 0.2) is 27.7 Å². The number of fused-ring (bicyclic) bond motifs is 1. The predicted octanol–water partition coefficient (Wildman–Crippen LogP) is 1.06. The molecule has 0 atom stereocenters. The molecule has 0 saturated heterocycles. The number of rotatable bonds is 6. The minimum atomic E-state index is 0.299. The van der Waals surface area contributed by atoms with E-state index < -0.39 is 0 Å². The lowest BCUT2D eigenvalue weighted by Crippen LogP contribution is -2.39. The molecule has 2 N–H and O–H groups in total. The Labute approximate surface area is 140 Å². The first-order chi connectivity index (χ1) is 11.7. The minimum Gasteiger partial charge on any atom is -0.454 e. The van der Waals surface area contributed by atoms with Gasteiger partial charge >= 0.3 is 0 Å². The van der Waals surface area contributed by atoms with E-state index in [4.69, 9.17) is 14.0 Å². The molecule has 0 unspecified atom stereocenters. The molecule has 3 rings (SSSR count). The second-order valence-corrected chi connectivity index (χ2v) is 5.35. The summed E-state index contributed by atoms with van der Waals surface area (Å²) in [6, 6.07) is 6.00. The molecule has 2 aromatic rings. The third-order valence-corrected chi connectivity index (χ3v) is 3.57. The van der Waals surface area contributed by atoms with E-state index in [1.54, 1.807) is 14.0 Å². The Kier molecular flexibility index (Phi) is 5.15. The first-order valence-corrected chi connectivity index (χ1v) is 7.87. The average molecular weight is 331 g/mol. The third-order valence-electron chi connectivity index (χ3n) is 3.57. The fourth-order valence-corrected chi connectivity index (χ4v) is 2.37. The minimum absolute atomic E-state index is 0.299. The number of hydrogen-bond donors (Lipinski definition) is 2. The van der Waals surface area contributed by atoms with Gasteiger partial charge in [-0.05, 0) is 31.0 Å². The molecule has 1 aromatic carbocycles. The zero-order chi connectivity index (χ0) is 16.8. The summed E-state index contributed by atoms with van der Waals surface area (Å²) in [5.41, 5.74) is 1.18. The van der Waals surface area contributed by atoms with Crippen molar-refractivity contribution < 1.29 is 14.0 Å². The summed E-state index contributed by atoms with van der Waals surface area (Å²) in [5.74, 6) is 3.63. The van der Waals surface area contributed by atoms with E-state index in [-0.39, 0.29) is 0 Å². The van der Waals surface area contributed by atoms with Crippen molar-refractivity contribution in [1.82, 2.24) is 20.8 Å². The molecule has 0 aliphatic carbocycles. The number of benzene rings is 1. The van der Waals surface area contributed by atoms with Gasteiger partial charge in [-0.15, -0.1) is 0 Å². The topological polar surface area (TPSA) is 93.8 Å². The Morgan fingerprint density at radius 2 is 1.96 bits per heavy atom. The molecule has 0 amide bonds. The van der Waals surface area contributed by atoms with Crippen LogP contribution in [-0.4, -0.2) is 43.0 Å². The van der Waals surface area contributed by atoms with Crippen molar-refractivity contribution in [3.8, 4) is 11.5 Å². The molecule has 8 nitrogen and oxygen atoms in total. The fraction of sp³-hybridized carbons (Fsp3) is 0.438. The van der Waals surface area contributed by atoms with E-state index >= 15 is 0 Å². The van der Waals surface area contributed by atoms with Crippen LogP contribution >= 0.6 is 0 Å². The summed E-state index contributed by atoms with van der Waals surface area (Å²) >= 11 is 0. The Hall–Kier alpha value is -2.77.